The molecule has 2 nitrogen and oxygen atoms in total. The Balaban J connectivity index is 1.98. The molecule has 2 aliphatic rings. The highest BCUT2D eigenvalue weighted by Gasteiger charge is 2.42. The number of nitrogens with zero attached hydrogens (tertiary/aromatic N) is 1. The fourth-order valence-electron chi connectivity index (χ4n) is 3.16. The number of halogens is 1. The van der Waals surface area contributed by atoms with Crippen molar-refractivity contribution in [3.05, 3.63) is 28.8 Å². The molecule has 2 aliphatic heterocycles. The van der Waals surface area contributed by atoms with E-state index in [1.807, 2.05) is 6.07 Å². The summed E-state index contributed by atoms with van der Waals surface area (Å²) < 4.78 is 0. The van der Waals surface area contributed by atoms with E-state index in [2.05, 4.69) is 29.4 Å². The number of anilines is 1. The Morgan fingerprint density at radius 3 is 2.81 bits per heavy atom. The van der Waals surface area contributed by atoms with Crippen LogP contribution in [0.15, 0.2) is 18.2 Å². The van der Waals surface area contributed by atoms with E-state index in [4.69, 9.17) is 11.6 Å². The third-order valence-corrected chi connectivity index (χ3v) is 4.40. The van der Waals surface area contributed by atoms with E-state index >= 15 is 0 Å². The lowest BCUT2D eigenvalue weighted by Crippen LogP contribution is -2.51. The maximum Gasteiger partial charge on any atom is 0.0464 e. The maximum absolute atomic E-state index is 6.07. The zero-order chi connectivity index (χ0) is 11.2. The van der Waals surface area contributed by atoms with Gasteiger partial charge in [0, 0.05) is 23.3 Å². The first-order valence-electron chi connectivity index (χ1n) is 5.94. The van der Waals surface area contributed by atoms with Crippen molar-refractivity contribution in [2.75, 3.05) is 25.0 Å². The lowest BCUT2D eigenvalue weighted by Gasteiger charge is -2.41. The standard InChI is InChI=1S/C13H17ClN2/c1-16-12-3-2-11(14)8-10(12)9-13(16)4-6-15-7-5-13/h2-3,8,15H,4-7,9H2,1H3. The Labute approximate surface area is 102 Å². The molecule has 0 amide bonds. The van der Waals surface area contributed by atoms with Gasteiger partial charge in [0.05, 0.1) is 0 Å². The fourth-order valence-corrected chi connectivity index (χ4v) is 3.35. The average molecular weight is 237 g/mol. The van der Waals surface area contributed by atoms with Crippen LogP contribution in [0.5, 0.6) is 0 Å². The molecular weight excluding hydrogens is 220 g/mol. The monoisotopic (exact) mass is 236 g/mol. The zero-order valence-corrected chi connectivity index (χ0v) is 10.3. The van der Waals surface area contributed by atoms with E-state index < -0.39 is 0 Å². The fraction of sp³-hybridized carbons (Fsp3) is 0.538. The largest absolute Gasteiger partial charge is 0.368 e. The van der Waals surface area contributed by atoms with E-state index in [0.717, 1.165) is 24.5 Å². The van der Waals surface area contributed by atoms with Crippen LogP contribution in [0, 0.1) is 0 Å². The third kappa shape index (κ3) is 1.44. The summed E-state index contributed by atoms with van der Waals surface area (Å²) in [6.07, 6.45) is 3.62. The molecule has 3 rings (SSSR count). The van der Waals surface area contributed by atoms with Gasteiger partial charge in [-0.3, -0.25) is 0 Å². The lowest BCUT2D eigenvalue weighted by atomic mass is 9.85. The molecule has 1 aromatic rings. The highest BCUT2D eigenvalue weighted by Crippen LogP contribution is 2.43. The summed E-state index contributed by atoms with van der Waals surface area (Å²) in [5, 5.41) is 4.30. The van der Waals surface area contributed by atoms with Gasteiger partial charge in [-0.2, -0.15) is 0 Å². The highest BCUT2D eigenvalue weighted by atomic mass is 35.5. The molecule has 0 aromatic heterocycles. The Hall–Kier alpha value is -0.730. The van der Waals surface area contributed by atoms with Gasteiger partial charge in [-0.25, -0.2) is 0 Å². The summed E-state index contributed by atoms with van der Waals surface area (Å²) in [7, 11) is 2.23. The van der Waals surface area contributed by atoms with E-state index in [-0.39, 0.29) is 0 Å². The molecule has 0 saturated carbocycles. The summed E-state index contributed by atoms with van der Waals surface area (Å²) >= 11 is 6.07. The van der Waals surface area contributed by atoms with Crippen molar-refractivity contribution in [3.63, 3.8) is 0 Å². The van der Waals surface area contributed by atoms with Crippen LogP contribution in [0.3, 0.4) is 0 Å². The van der Waals surface area contributed by atoms with Crippen molar-refractivity contribution < 1.29 is 0 Å². The maximum atomic E-state index is 6.07. The van der Waals surface area contributed by atoms with Crippen LogP contribution in [-0.4, -0.2) is 25.7 Å². The van der Waals surface area contributed by atoms with Crippen LogP contribution in [0.4, 0.5) is 5.69 Å². The Morgan fingerprint density at radius 1 is 1.31 bits per heavy atom. The van der Waals surface area contributed by atoms with Gasteiger partial charge in [-0.1, -0.05) is 11.6 Å². The number of likely N-dealkylation sites (N-methyl/N-ethyl adjacent to an activating group) is 1. The normalized spacial score (nSPS) is 22.5. The molecule has 1 spiro atoms. The molecule has 16 heavy (non-hydrogen) atoms. The summed E-state index contributed by atoms with van der Waals surface area (Å²) in [5.74, 6) is 0. The Morgan fingerprint density at radius 2 is 2.06 bits per heavy atom. The molecule has 0 atom stereocenters. The van der Waals surface area contributed by atoms with Gasteiger partial charge in [0.15, 0.2) is 0 Å². The minimum absolute atomic E-state index is 0.346. The van der Waals surface area contributed by atoms with Crippen LogP contribution < -0.4 is 10.2 Å². The minimum atomic E-state index is 0.346. The summed E-state index contributed by atoms with van der Waals surface area (Å²) in [4.78, 5) is 2.47. The van der Waals surface area contributed by atoms with Gasteiger partial charge < -0.3 is 10.2 Å². The first kappa shape index (κ1) is 10.4. The van der Waals surface area contributed by atoms with Gasteiger partial charge >= 0.3 is 0 Å². The number of piperidine rings is 1. The highest BCUT2D eigenvalue weighted by molar-refractivity contribution is 6.30. The number of benzene rings is 1. The van der Waals surface area contributed by atoms with E-state index in [9.17, 15) is 0 Å². The Kier molecular flexibility index (Phi) is 2.37. The van der Waals surface area contributed by atoms with Crippen LogP contribution >= 0.6 is 11.6 Å². The number of hydrogen-bond donors (Lipinski definition) is 1. The molecule has 1 fully saturated rings. The van der Waals surface area contributed by atoms with Crippen molar-refractivity contribution in [2.24, 2.45) is 0 Å². The predicted molar refractivity (Wildman–Crippen MR) is 68.4 cm³/mol. The molecule has 3 heteroatoms. The smallest absolute Gasteiger partial charge is 0.0464 e. The molecule has 1 aromatic carbocycles. The van der Waals surface area contributed by atoms with E-state index in [1.165, 1.54) is 24.1 Å². The van der Waals surface area contributed by atoms with Crippen LogP contribution in [-0.2, 0) is 6.42 Å². The number of fused-ring (bicyclic) bond motifs is 1. The molecule has 1 saturated heterocycles. The first-order valence-corrected chi connectivity index (χ1v) is 6.32. The molecule has 0 aliphatic carbocycles. The van der Waals surface area contributed by atoms with E-state index in [1.54, 1.807) is 0 Å². The second kappa shape index (κ2) is 3.64. The first-order chi connectivity index (χ1) is 7.71. The number of rotatable bonds is 0. The summed E-state index contributed by atoms with van der Waals surface area (Å²) in [6.45, 7) is 2.26. The number of hydrogen-bond acceptors (Lipinski definition) is 2. The van der Waals surface area contributed by atoms with Gasteiger partial charge in [-0.05, 0) is 56.1 Å². The molecule has 1 N–H and O–H groups in total. The van der Waals surface area contributed by atoms with Crippen molar-refractivity contribution in [2.45, 2.75) is 24.8 Å². The lowest BCUT2D eigenvalue weighted by molar-refractivity contribution is 0.310. The SMILES string of the molecule is CN1c2ccc(Cl)cc2CC12CCNCC2. The molecule has 0 radical (unpaired) electrons. The Bertz CT molecular complexity index is 410. The summed E-state index contributed by atoms with van der Waals surface area (Å²) in [6, 6.07) is 6.29. The van der Waals surface area contributed by atoms with Crippen LogP contribution in [0.25, 0.3) is 0 Å². The van der Waals surface area contributed by atoms with Gasteiger partial charge in [-0.15, -0.1) is 0 Å². The van der Waals surface area contributed by atoms with Gasteiger partial charge in [0.2, 0.25) is 0 Å². The molecule has 0 bridgehead atoms. The van der Waals surface area contributed by atoms with Crippen molar-refractivity contribution in [3.8, 4) is 0 Å². The minimum Gasteiger partial charge on any atom is -0.368 e. The van der Waals surface area contributed by atoms with Crippen molar-refractivity contribution in [1.29, 1.82) is 0 Å². The number of nitrogens with one attached hydrogen (secondary N) is 1. The van der Waals surface area contributed by atoms with Gasteiger partial charge in [0.1, 0.15) is 0 Å². The average Bonchev–Trinajstić information content (AvgIpc) is 2.53. The molecular formula is C13H17ClN2. The summed E-state index contributed by atoms with van der Waals surface area (Å²) in [5.41, 5.74) is 3.13. The van der Waals surface area contributed by atoms with Crippen molar-refractivity contribution >= 4 is 17.3 Å². The van der Waals surface area contributed by atoms with Crippen LogP contribution in [0.2, 0.25) is 5.02 Å². The molecule has 86 valence electrons. The van der Waals surface area contributed by atoms with Crippen LogP contribution in [0.1, 0.15) is 18.4 Å². The van der Waals surface area contributed by atoms with Crippen molar-refractivity contribution in [1.82, 2.24) is 5.32 Å². The zero-order valence-electron chi connectivity index (χ0n) is 9.59. The second-order valence-corrected chi connectivity index (χ2v) is 5.42. The topological polar surface area (TPSA) is 15.3 Å². The predicted octanol–water partition coefficient (Wildman–Crippen LogP) is 2.45. The van der Waals surface area contributed by atoms with E-state index in [0.29, 0.717) is 5.54 Å². The van der Waals surface area contributed by atoms with Gasteiger partial charge in [0.25, 0.3) is 0 Å². The molecule has 2 heterocycles. The molecule has 0 unspecified atom stereocenters. The second-order valence-electron chi connectivity index (χ2n) is 4.98. The quantitative estimate of drug-likeness (QED) is 0.745. The third-order valence-electron chi connectivity index (χ3n) is 4.17.